The molecule has 2 amide bonds. The zero-order chi connectivity index (χ0) is 13.9. The van der Waals surface area contributed by atoms with Crippen molar-refractivity contribution >= 4 is 23.2 Å². The van der Waals surface area contributed by atoms with Gasteiger partial charge in [-0.1, -0.05) is 6.07 Å². The number of nitrogens with zero attached hydrogens (tertiary/aromatic N) is 2. The predicted molar refractivity (Wildman–Crippen MR) is 77.3 cm³/mol. The molecule has 1 aromatic heterocycles. The molecule has 5 nitrogen and oxygen atoms in total. The molecule has 3 rings (SSSR count). The molecule has 0 bridgehead atoms. The van der Waals surface area contributed by atoms with Crippen molar-refractivity contribution in [3.63, 3.8) is 0 Å². The molecule has 0 atom stereocenters. The number of amides is 2. The van der Waals surface area contributed by atoms with Gasteiger partial charge in [0.25, 0.3) is 0 Å². The zero-order valence-electron chi connectivity index (χ0n) is 11.4. The second-order valence-electron chi connectivity index (χ2n) is 5.29. The Hall–Kier alpha value is -1.40. The lowest BCUT2D eigenvalue weighted by Gasteiger charge is -2.29. The summed E-state index contributed by atoms with van der Waals surface area (Å²) in [5.74, 6) is -0.669. The number of thiophene rings is 1. The highest BCUT2D eigenvalue weighted by atomic mass is 32.1. The Morgan fingerprint density at radius 3 is 2.70 bits per heavy atom. The van der Waals surface area contributed by atoms with Crippen LogP contribution < -0.4 is 5.32 Å². The van der Waals surface area contributed by atoms with Gasteiger partial charge in [0.1, 0.15) is 0 Å². The van der Waals surface area contributed by atoms with Gasteiger partial charge < -0.3 is 15.1 Å². The molecule has 6 heteroatoms. The van der Waals surface area contributed by atoms with Crippen LogP contribution in [0.4, 0.5) is 0 Å². The van der Waals surface area contributed by atoms with Crippen LogP contribution in [-0.4, -0.2) is 53.8 Å². The van der Waals surface area contributed by atoms with Crippen molar-refractivity contribution < 1.29 is 9.59 Å². The second kappa shape index (κ2) is 5.93. The first-order valence-electron chi connectivity index (χ1n) is 7.08. The Morgan fingerprint density at radius 1 is 1.35 bits per heavy atom. The summed E-state index contributed by atoms with van der Waals surface area (Å²) in [6.45, 7) is 3.36. The molecule has 20 heavy (non-hydrogen) atoms. The number of hydrogen-bond donors (Lipinski definition) is 1. The highest BCUT2D eigenvalue weighted by Crippen LogP contribution is 2.29. The fraction of sp³-hybridized carbons (Fsp3) is 0.571. The minimum Gasteiger partial charge on any atom is -0.332 e. The van der Waals surface area contributed by atoms with Gasteiger partial charge in [0.2, 0.25) is 0 Å². The molecule has 2 fully saturated rings. The third-order valence-corrected chi connectivity index (χ3v) is 4.60. The van der Waals surface area contributed by atoms with Gasteiger partial charge in [0, 0.05) is 37.1 Å². The van der Waals surface area contributed by atoms with E-state index in [9.17, 15) is 9.59 Å². The normalized spacial score (nSPS) is 18.9. The maximum atomic E-state index is 12.5. The summed E-state index contributed by atoms with van der Waals surface area (Å²) in [4.78, 5) is 29.3. The van der Waals surface area contributed by atoms with Crippen LogP contribution in [0.3, 0.4) is 0 Å². The zero-order valence-corrected chi connectivity index (χ0v) is 12.2. The molecule has 1 aliphatic carbocycles. The third-order valence-electron chi connectivity index (χ3n) is 3.74. The maximum absolute atomic E-state index is 12.5. The molecule has 0 radical (unpaired) electrons. The van der Waals surface area contributed by atoms with Crippen LogP contribution in [0.5, 0.6) is 0 Å². The molecule has 0 unspecified atom stereocenters. The predicted octanol–water partition coefficient (Wildman–Crippen LogP) is 0.671. The standard InChI is InChI=1S/C14H19N3O2S/c18-13(16-7-5-15-6-8-16)14(19)17(11-3-4-11)10-12-2-1-9-20-12/h1-2,9,11,15H,3-8,10H2. The number of rotatable bonds is 3. The Kier molecular flexibility index (Phi) is 4.03. The van der Waals surface area contributed by atoms with E-state index in [0.717, 1.165) is 30.8 Å². The molecule has 1 aromatic rings. The summed E-state index contributed by atoms with van der Waals surface area (Å²) in [6, 6.07) is 4.26. The topological polar surface area (TPSA) is 52.7 Å². The molecule has 2 aliphatic rings. The van der Waals surface area contributed by atoms with Gasteiger partial charge in [-0.2, -0.15) is 0 Å². The van der Waals surface area contributed by atoms with Gasteiger partial charge in [0.05, 0.1) is 6.54 Å². The number of piperazine rings is 1. The Morgan fingerprint density at radius 2 is 2.10 bits per heavy atom. The summed E-state index contributed by atoms with van der Waals surface area (Å²) in [5.41, 5.74) is 0. The SMILES string of the molecule is O=C(C(=O)N(Cc1cccs1)C1CC1)N1CCNCC1. The van der Waals surface area contributed by atoms with Crippen LogP contribution in [0.2, 0.25) is 0 Å². The molecule has 1 saturated carbocycles. The van der Waals surface area contributed by atoms with Gasteiger partial charge in [0.15, 0.2) is 0 Å². The molecule has 108 valence electrons. The van der Waals surface area contributed by atoms with Crippen LogP contribution in [0.15, 0.2) is 17.5 Å². The number of carbonyl (C=O) groups is 2. The molecule has 2 heterocycles. The minimum atomic E-state index is -0.338. The summed E-state index contributed by atoms with van der Waals surface area (Å²) >= 11 is 1.63. The lowest BCUT2D eigenvalue weighted by atomic mass is 10.3. The van der Waals surface area contributed by atoms with E-state index in [1.807, 2.05) is 17.5 Å². The molecule has 1 N–H and O–H groups in total. The van der Waals surface area contributed by atoms with Crippen molar-refractivity contribution in [3.05, 3.63) is 22.4 Å². The molecule has 1 aliphatic heterocycles. The average molecular weight is 293 g/mol. The van der Waals surface area contributed by atoms with E-state index in [4.69, 9.17) is 0 Å². The van der Waals surface area contributed by atoms with Crippen LogP contribution in [0.1, 0.15) is 17.7 Å². The Balaban J connectivity index is 1.67. The smallest absolute Gasteiger partial charge is 0.312 e. The number of hydrogen-bond acceptors (Lipinski definition) is 4. The third kappa shape index (κ3) is 3.02. The van der Waals surface area contributed by atoms with E-state index in [2.05, 4.69) is 5.32 Å². The van der Waals surface area contributed by atoms with Gasteiger partial charge in [-0.3, -0.25) is 9.59 Å². The van der Waals surface area contributed by atoms with Crippen molar-refractivity contribution in [1.29, 1.82) is 0 Å². The van der Waals surface area contributed by atoms with Gasteiger partial charge in [-0.25, -0.2) is 0 Å². The van der Waals surface area contributed by atoms with Crippen molar-refractivity contribution in [2.75, 3.05) is 26.2 Å². The summed E-state index contributed by atoms with van der Waals surface area (Å²) in [5, 5.41) is 5.20. The molecule has 0 spiro atoms. The fourth-order valence-electron chi connectivity index (χ4n) is 2.45. The summed E-state index contributed by atoms with van der Waals surface area (Å²) < 4.78 is 0. The number of nitrogens with one attached hydrogen (secondary N) is 1. The summed E-state index contributed by atoms with van der Waals surface area (Å²) in [6.07, 6.45) is 2.04. The van der Waals surface area contributed by atoms with Gasteiger partial charge in [-0.05, 0) is 24.3 Å². The van der Waals surface area contributed by atoms with E-state index in [1.54, 1.807) is 21.1 Å². The second-order valence-corrected chi connectivity index (χ2v) is 6.32. The highest BCUT2D eigenvalue weighted by molar-refractivity contribution is 7.09. The monoisotopic (exact) mass is 293 g/mol. The van der Waals surface area contributed by atoms with E-state index in [-0.39, 0.29) is 17.9 Å². The Labute approximate surface area is 122 Å². The van der Waals surface area contributed by atoms with E-state index >= 15 is 0 Å². The lowest BCUT2D eigenvalue weighted by Crippen LogP contribution is -2.52. The fourth-order valence-corrected chi connectivity index (χ4v) is 3.15. The van der Waals surface area contributed by atoms with Crippen LogP contribution in [0.25, 0.3) is 0 Å². The van der Waals surface area contributed by atoms with Gasteiger partial charge in [-0.15, -0.1) is 11.3 Å². The average Bonchev–Trinajstić information content (AvgIpc) is 3.21. The van der Waals surface area contributed by atoms with Crippen molar-refractivity contribution in [3.8, 4) is 0 Å². The first kappa shape index (κ1) is 13.6. The lowest BCUT2D eigenvalue weighted by molar-refractivity contribution is -0.152. The van der Waals surface area contributed by atoms with E-state index < -0.39 is 0 Å². The highest BCUT2D eigenvalue weighted by Gasteiger charge is 2.37. The first-order chi connectivity index (χ1) is 9.75. The Bertz CT molecular complexity index is 479. The van der Waals surface area contributed by atoms with Crippen LogP contribution >= 0.6 is 11.3 Å². The van der Waals surface area contributed by atoms with E-state index in [1.165, 1.54) is 0 Å². The van der Waals surface area contributed by atoms with Gasteiger partial charge >= 0.3 is 11.8 Å². The van der Waals surface area contributed by atoms with Crippen molar-refractivity contribution in [2.45, 2.75) is 25.4 Å². The van der Waals surface area contributed by atoms with Crippen LogP contribution in [-0.2, 0) is 16.1 Å². The van der Waals surface area contributed by atoms with Crippen LogP contribution in [0, 0.1) is 0 Å². The van der Waals surface area contributed by atoms with Crippen molar-refractivity contribution in [1.82, 2.24) is 15.1 Å². The molecule has 1 saturated heterocycles. The largest absolute Gasteiger partial charge is 0.332 e. The summed E-state index contributed by atoms with van der Waals surface area (Å²) in [7, 11) is 0. The maximum Gasteiger partial charge on any atom is 0.312 e. The minimum absolute atomic E-state index is 0.261. The van der Waals surface area contributed by atoms with E-state index in [0.29, 0.717) is 19.6 Å². The quantitative estimate of drug-likeness (QED) is 0.834. The number of carbonyl (C=O) groups excluding carboxylic acids is 2. The first-order valence-corrected chi connectivity index (χ1v) is 7.96. The molecular weight excluding hydrogens is 274 g/mol. The van der Waals surface area contributed by atoms with Crippen molar-refractivity contribution in [2.24, 2.45) is 0 Å². The molecule has 0 aromatic carbocycles. The molecular formula is C14H19N3O2S.